The second-order valence-electron chi connectivity index (χ2n) is 5.77. The second kappa shape index (κ2) is 7.38. The molecule has 0 saturated heterocycles. The van der Waals surface area contributed by atoms with Crippen LogP contribution in [-0.4, -0.2) is 9.97 Å². The average Bonchev–Trinajstić information content (AvgIpc) is 2.70. The van der Waals surface area contributed by atoms with Gasteiger partial charge in [0, 0.05) is 28.8 Å². The number of hydrogen-bond acceptors (Lipinski definition) is 3. The normalized spacial score (nSPS) is 10.5. The van der Waals surface area contributed by atoms with Crippen LogP contribution >= 0.6 is 11.6 Å². The van der Waals surface area contributed by atoms with Crippen LogP contribution in [0.5, 0.6) is 0 Å². The first-order valence-electron chi connectivity index (χ1n) is 8.30. The maximum atomic E-state index is 5.96. The van der Waals surface area contributed by atoms with Crippen LogP contribution < -0.4 is 4.90 Å². The van der Waals surface area contributed by atoms with Crippen LogP contribution in [-0.2, 0) is 0 Å². The lowest BCUT2D eigenvalue weighted by molar-refractivity contribution is 1.17. The molecule has 4 heteroatoms. The van der Waals surface area contributed by atoms with Gasteiger partial charge in [-0.15, -0.1) is 0 Å². The number of aromatic nitrogens is 2. The Labute approximate surface area is 157 Å². The summed E-state index contributed by atoms with van der Waals surface area (Å²) in [6.07, 6.45) is 1.67. The molecule has 0 aliphatic carbocycles. The van der Waals surface area contributed by atoms with Crippen molar-refractivity contribution in [1.82, 2.24) is 9.97 Å². The summed E-state index contributed by atoms with van der Waals surface area (Å²) in [6.45, 7) is 0. The lowest BCUT2D eigenvalue weighted by Crippen LogP contribution is -2.09. The van der Waals surface area contributed by atoms with Gasteiger partial charge in [-0.2, -0.15) is 0 Å². The highest BCUT2D eigenvalue weighted by molar-refractivity contribution is 6.28. The first kappa shape index (κ1) is 16.3. The molecule has 0 bridgehead atoms. The largest absolute Gasteiger partial charge is 0.310 e. The van der Waals surface area contributed by atoms with Gasteiger partial charge >= 0.3 is 0 Å². The highest BCUT2D eigenvalue weighted by Crippen LogP contribution is 2.35. The van der Waals surface area contributed by atoms with Crippen molar-refractivity contribution in [3.8, 4) is 11.3 Å². The molecule has 126 valence electrons. The van der Waals surface area contributed by atoms with E-state index in [2.05, 4.69) is 51.3 Å². The van der Waals surface area contributed by atoms with Gasteiger partial charge in [-0.25, -0.2) is 9.97 Å². The zero-order chi connectivity index (χ0) is 17.8. The Balaban J connectivity index is 1.83. The quantitative estimate of drug-likeness (QED) is 0.403. The summed E-state index contributed by atoms with van der Waals surface area (Å²) < 4.78 is 0. The van der Waals surface area contributed by atoms with Crippen LogP contribution in [0, 0.1) is 0 Å². The molecule has 0 amide bonds. The fourth-order valence-electron chi connectivity index (χ4n) is 2.90. The topological polar surface area (TPSA) is 29.0 Å². The first-order chi connectivity index (χ1) is 12.8. The maximum Gasteiger partial charge on any atom is 0.222 e. The molecule has 0 aliphatic heterocycles. The predicted molar refractivity (Wildman–Crippen MR) is 107 cm³/mol. The van der Waals surface area contributed by atoms with E-state index in [0.717, 1.165) is 28.3 Å². The van der Waals surface area contributed by atoms with Gasteiger partial charge in [0.1, 0.15) is 0 Å². The van der Waals surface area contributed by atoms with E-state index in [1.807, 2.05) is 54.6 Å². The SMILES string of the molecule is Clc1nccc(-c2cccc(N(c3ccccc3)c3ccccc3)c2)n1. The van der Waals surface area contributed by atoms with Crippen LogP contribution in [0.3, 0.4) is 0 Å². The van der Waals surface area contributed by atoms with Crippen molar-refractivity contribution in [1.29, 1.82) is 0 Å². The molecule has 0 saturated carbocycles. The number of halogens is 1. The van der Waals surface area contributed by atoms with Crippen LogP contribution in [0.2, 0.25) is 5.28 Å². The van der Waals surface area contributed by atoms with Crippen molar-refractivity contribution in [2.45, 2.75) is 0 Å². The zero-order valence-electron chi connectivity index (χ0n) is 14.0. The molecule has 0 aliphatic rings. The number of para-hydroxylation sites is 2. The van der Waals surface area contributed by atoms with Gasteiger partial charge in [0.2, 0.25) is 5.28 Å². The molecule has 0 fully saturated rings. The van der Waals surface area contributed by atoms with Gasteiger partial charge in [0.15, 0.2) is 0 Å². The van der Waals surface area contributed by atoms with Crippen molar-refractivity contribution in [2.24, 2.45) is 0 Å². The maximum absolute atomic E-state index is 5.96. The highest BCUT2D eigenvalue weighted by Gasteiger charge is 2.13. The summed E-state index contributed by atoms with van der Waals surface area (Å²) in [5.74, 6) is 0. The van der Waals surface area contributed by atoms with E-state index in [1.54, 1.807) is 6.20 Å². The minimum absolute atomic E-state index is 0.246. The molecular weight excluding hydrogens is 342 g/mol. The molecule has 3 nitrogen and oxygen atoms in total. The van der Waals surface area contributed by atoms with E-state index >= 15 is 0 Å². The third kappa shape index (κ3) is 3.44. The summed E-state index contributed by atoms with van der Waals surface area (Å²) in [4.78, 5) is 10.5. The van der Waals surface area contributed by atoms with E-state index in [-0.39, 0.29) is 5.28 Å². The van der Waals surface area contributed by atoms with E-state index in [4.69, 9.17) is 11.6 Å². The van der Waals surface area contributed by atoms with Crippen LogP contribution in [0.1, 0.15) is 0 Å². The van der Waals surface area contributed by atoms with Crippen molar-refractivity contribution in [3.63, 3.8) is 0 Å². The van der Waals surface area contributed by atoms with Gasteiger partial charge in [0.05, 0.1) is 5.69 Å². The molecule has 0 unspecified atom stereocenters. The van der Waals surface area contributed by atoms with E-state index < -0.39 is 0 Å². The Bertz CT molecular complexity index is 964. The average molecular weight is 358 g/mol. The van der Waals surface area contributed by atoms with Crippen molar-refractivity contribution >= 4 is 28.7 Å². The molecule has 3 aromatic carbocycles. The molecule has 4 aromatic rings. The minimum Gasteiger partial charge on any atom is -0.310 e. The van der Waals surface area contributed by atoms with Gasteiger partial charge in [-0.1, -0.05) is 48.5 Å². The third-order valence-electron chi connectivity index (χ3n) is 4.06. The summed E-state index contributed by atoms with van der Waals surface area (Å²) in [6, 6.07) is 30.7. The summed E-state index contributed by atoms with van der Waals surface area (Å²) in [5, 5.41) is 0.246. The highest BCUT2D eigenvalue weighted by atomic mass is 35.5. The number of anilines is 3. The number of rotatable bonds is 4. The van der Waals surface area contributed by atoms with Crippen LogP contribution in [0.25, 0.3) is 11.3 Å². The van der Waals surface area contributed by atoms with Gasteiger partial charge in [0.25, 0.3) is 0 Å². The zero-order valence-corrected chi connectivity index (χ0v) is 14.7. The summed E-state index contributed by atoms with van der Waals surface area (Å²) in [7, 11) is 0. The fraction of sp³-hybridized carbons (Fsp3) is 0. The summed E-state index contributed by atoms with van der Waals surface area (Å²) >= 11 is 5.96. The molecular formula is C22H16ClN3. The number of benzene rings is 3. The molecule has 0 N–H and O–H groups in total. The second-order valence-corrected chi connectivity index (χ2v) is 6.11. The Morgan fingerprint density at radius 1 is 0.654 bits per heavy atom. The van der Waals surface area contributed by atoms with E-state index in [1.165, 1.54) is 0 Å². The number of nitrogens with zero attached hydrogens (tertiary/aromatic N) is 3. The molecule has 0 spiro atoms. The predicted octanol–water partition coefficient (Wildman–Crippen LogP) is 6.27. The summed E-state index contributed by atoms with van der Waals surface area (Å²) in [5.41, 5.74) is 5.03. The van der Waals surface area contributed by atoms with Crippen LogP contribution in [0.4, 0.5) is 17.1 Å². The van der Waals surface area contributed by atoms with E-state index in [9.17, 15) is 0 Å². The smallest absolute Gasteiger partial charge is 0.222 e. The van der Waals surface area contributed by atoms with Crippen LogP contribution in [0.15, 0.2) is 97.2 Å². The van der Waals surface area contributed by atoms with E-state index in [0.29, 0.717) is 0 Å². The Hall–Kier alpha value is -3.17. The minimum atomic E-state index is 0.246. The monoisotopic (exact) mass is 357 g/mol. The molecule has 4 rings (SSSR count). The van der Waals surface area contributed by atoms with Gasteiger partial charge in [-0.05, 0) is 54.1 Å². The van der Waals surface area contributed by atoms with Crippen molar-refractivity contribution < 1.29 is 0 Å². The lowest BCUT2D eigenvalue weighted by atomic mass is 10.1. The Morgan fingerprint density at radius 2 is 1.27 bits per heavy atom. The number of hydrogen-bond donors (Lipinski definition) is 0. The Morgan fingerprint density at radius 3 is 1.88 bits per heavy atom. The standard InChI is InChI=1S/C22H16ClN3/c23-22-24-15-14-21(25-22)17-8-7-13-20(16-17)26(18-9-3-1-4-10-18)19-11-5-2-6-12-19/h1-16H. The fourth-order valence-corrected chi connectivity index (χ4v) is 3.05. The van der Waals surface area contributed by atoms with Gasteiger partial charge in [-0.3, -0.25) is 0 Å². The molecule has 0 radical (unpaired) electrons. The first-order valence-corrected chi connectivity index (χ1v) is 8.68. The molecule has 1 aromatic heterocycles. The van der Waals surface area contributed by atoms with Crippen molar-refractivity contribution in [3.05, 3.63) is 102 Å². The Kier molecular flexibility index (Phi) is 4.63. The molecule has 0 atom stereocenters. The molecule has 26 heavy (non-hydrogen) atoms. The molecule has 1 heterocycles. The van der Waals surface area contributed by atoms with Gasteiger partial charge < -0.3 is 4.90 Å². The van der Waals surface area contributed by atoms with Crippen molar-refractivity contribution in [2.75, 3.05) is 4.90 Å². The lowest BCUT2D eigenvalue weighted by Gasteiger charge is -2.25. The third-order valence-corrected chi connectivity index (χ3v) is 4.24.